The molecule has 1 fully saturated rings. The molecule has 2 amide bonds. The van der Waals surface area contributed by atoms with Crippen LogP contribution in [0.4, 0.5) is 5.69 Å². The largest absolute Gasteiger partial charge is 0.497 e. The Morgan fingerprint density at radius 3 is 2.55 bits per heavy atom. The number of hydrogen-bond donors (Lipinski definition) is 1. The smallest absolute Gasteiger partial charge is 0.243 e. The van der Waals surface area contributed by atoms with E-state index in [9.17, 15) is 9.59 Å². The monoisotopic (exact) mass is 425 g/mol. The van der Waals surface area contributed by atoms with Gasteiger partial charge in [0.15, 0.2) is 0 Å². The van der Waals surface area contributed by atoms with Crippen molar-refractivity contribution in [1.29, 1.82) is 0 Å². The van der Waals surface area contributed by atoms with Crippen LogP contribution in [0.3, 0.4) is 0 Å². The third-order valence-electron chi connectivity index (χ3n) is 5.64. The van der Waals surface area contributed by atoms with Gasteiger partial charge in [-0.25, -0.2) is 0 Å². The molecule has 0 spiro atoms. The van der Waals surface area contributed by atoms with Crippen LogP contribution < -0.4 is 14.8 Å². The molecular formula is C24H31N3O4. The first-order chi connectivity index (χ1) is 14.9. The molecule has 166 valence electrons. The first kappa shape index (κ1) is 22.6. The first-order valence-corrected chi connectivity index (χ1v) is 10.5. The summed E-state index contributed by atoms with van der Waals surface area (Å²) < 4.78 is 10.9. The molecular weight excluding hydrogens is 394 g/mol. The number of likely N-dealkylation sites (tertiary alicyclic amines) is 1. The topological polar surface area (TPSA) is 71.1 Å². The highest BCUT2D eigenvalue weighted by atomic mass is 16.5. The van der Waals surface area contributed by atoms with Crippen molar-refractivity contribution in [2.24, 2.45) is 0 Å². The molecule has 1 aliphatic heterocycles. The van der Waals surface area contributed by atoms with Gasteiger partial charge in [0.25, 0.3) is 0 Å². The lowest BCUT2D eigenvalue weighted by Gasteiger charge is -2.27. The van der Waals surface area contributed by atoms with Crippen LogP contribution in [0.15, 0.2) is 42.5 Å². The highest BCUT2D eigenvalue weighted by Gasteiger charge is 2.31. The van der Waals surface area contributed by atoms with Gasteiger partial charge in [-0.15, -0.1) is 0 Å². The zero-order valence-electron chi connectivity index (χ0n) is 18.7. The molecule has 1 atom stereocenters. The minimum atomic E-state index is -0.216. The van der Waals surface area contributed by atoms with Crippen LogP contribution >= 0.6 is 0 Å². The van der Waals surface area contributed by atoms with Crippen molar-refractivity contribution in [2.45, 2.75) is 25.8 Å². The molecule has 7 heteroatoms. The number of likely N-dealkylation sites (N-methyl/N-ethyl adjacent to an activating group) is 1. The number of ether oxygens (including phenoxy) is 2. The molecule has 2 aromatic carbocycles. The van der Waals surface area contributed by atoms with Crippen LogP contribution in [0.25, 0.3) is 0 Å². The summed E-state index contributed by atoms with van der Waals surface area (Å²) in [4.78, 5) is 28.8. The lowest BCUT2D eigenvalue weighted by Crippen LogP contribution is -2.41. The predicted molar refractivity (Wildman–Crippen MR) is 121 cm³/mol. The van der Waals surface area contributed by atoms with Crippen LogP contribution in [0.2, 0.25) is 0 Å². The van der Waals surface area contributed by atoms with Crippen molar-refractivity contribution >= 4 is 17.5 Å². The van der Waals surface area contributed by atoms with Crippen molar-refractivity contribution < 1.29 is 19.1 Å². The SMILES string of the molecule is COc1ccc(OC)c([C@H]2CCCN2CC(=O)N(C)CC(=O)Nc2ccc(C)cc2)c1. The van der Waals surface area contributed by atoms with Crippen LogP contribution in [-0.2, 0) is 9.59 Å². The highest BCUT2D eigenvalue weighted by Crippen LogP contribution is 2.38. The van der Waals surface area contributed by atoms with Gasteiger partial charge >= 0.3 is 0 Å². The Hall–Kier alpha value is -3.06. The fourth-order valence-electron chi connectivity index (χ4n) is 3.90. The van der Waals surface area contributed by atoms with Gasteiger partial charge in [-0.2, -0.15) is 0 Å². The van der Waals surface area contributed by atoms with Crippen molar-refractivity contribution in [2.75, 3.05) is 46.2 Å². The van der Waals surface area contributed by atoms with Gasteiger partial charge in [-0.3, -0.25) is 14.5 Å². The van der Waals surface area contributed by atoms with E-state index in [1.54, 1.807) is 21.3 Å². The number of rotatable bonds is 8. The highest BCUT2D eigenvalue weighted by molar-refractivity contribution is 5.94. The van der Waals surface area contributed by atoms with E-state index in [2.05, 4.69) is 10.2 Å². The lowest BCUT2D eigenvalue weighted by atomic mass is 10.0. The van der Waals surface area contributed by atoms with Crippen molar-refractivity contribution in [3.05, 3.63) is 53.6 Å². The molecule has 1 aliphatic rings. The standard InChI is InChI=1S/C24H31N3O4/c1-17-7-9-18(10-8-17)25-23(28)15-26(2)24(29)16-27-13-5-6-21(27)20-14-19(30-3)11-12-22(20)31-4/h7-12,14,21H,5-6,13,15-16H2,1-4H3,(H,25,28)/t21-/m1/s1. The second-order valence-corrected chi connectivity index (χ2v) is 7.90. The Balaban J connectivity index is 1.61. The lowest BCUT2D eigenvalue weighted by molar-refractivity contribution is -0.134. The number of amides is 2. The second kappa shape index (κ2) is 10.3. The molecule has 31 heavy (non-hydrogen) atoms. The van der Waals surface area contributed by atoms with Crippen LogP contribution in [0.1, 0.15) is 30.0 Å². The Labute approximate surface area is 183 Å². The zero-order chi connectivity index (χ0) is 22.4. The van der Waals surface area contributed by atoms with Crippen LogP contribution in [-0.4, -0.2) is 62.5 Å². The Bertz CT molecular complexity index is 914. The van der Waals surface area contributed by atoms with Gasteiger partial charge in [0.2, 0.25) is 11.8 Å². The molecule has 1 saturated heterocycles. The minimum Gasteiger partial charge on any atom is -0.497 e. The fraction of sp³-hybridized carbons (Fsp3) is 0.417. The molecule has 2 aromatic rings. The third kappa shape index (κ3) is 5.76. The Morgan fingerprint density at radius 1 is 1.13 bits per heavy atom. The van der Waals surface area contributed by atoms with Crippen molar-refractivity contribution in [3.63, 3.8) is 0 Å². The van der Waals surface area contributed by atoms with Gasteiger partial charge in [0.05, 0.1) is 27.3 Å². The van der Waals surface area contributed by atoms with E-state index in [-0.39, 0.29) is 30.9 Å². The summed E-state index contributed by atoms with van der Waals surface area (Å²) in [6, 6.07) is 13.4. The average Bonchev–Trinajstić information content (AvgIpc) is 3.22. The van der Waals surface area contributed by atoms with E-state index in [0.29, 0.717) is 0 Å². The molecule has 1 N–H and O–H groups in total. The van der Waals surface area contributed by atoms with Crippen LogP contribution in [0, 0.1) is 6.92 Å². The van der Waals surface area contributed by atoms with E-state index < -0.39 is 0 Å². The second-order valence-electron chi connectivity index (χ2n) is 7.90. The molecule has 0 bridgehead atoms. The minimum absolute atomic E-state index is 0.00764. The quantitative estimate of drug-likeness (QED) is 0.703. The molecule has 0 aliphatic carbocycles. The molecule has 0 radical (unpaired) electrons. The maximum absolute atomic E-state index is 12.8. The normalized spacial score (nSPS) is 16.1. The van der Waals surface area contributed by atoms with Gasteiger partial charge in [-0.05, 0) is 56.6 Å². The van der Waals surface area contributed by atoms with E-state index in [1.807, 2.05) is 49.4 Å². The summed E-state index contributed by atoms with van der Waals surface area (Å²) in [6.07, 6.45) is 1.93. The number of methoxy groups -OCH3 is 2. The number of benzene rings is 2. The van der Waals surface area contributed by atoms with Gasteiger partial charge < -0.3 is 19.7 Å². The first-order valence-electron chi connectivity index (χ1n) is 10.5. The Morgan fingerprint density at radius 2 is 1.87 bits per heavy atom. The molecule has 0 saturated carbocycles. The third-order valence-corrected chi connectivity index (χ3v) is 5.64. The number of carbonyl (C=O) groups excluding carboxylic acids is 2. The number of nitrogens with one attached hydrogen (secondary N) is 1. The average molecular weight is 426 g/mol. The molecule has 0 unspecified atom stereocenters. The van der Waals surface area contributed by atoms with Gasteiger partial charge in [0, 0.05) is 24.3 Å². The van der Waals surface area contributed by atoms with E-state index in [1.165, 1.54) is 4.90 Å². The summed E-state index contributed by atoms with van der Waals surface area (Å²) in [6.45, 7) is 3.07. The maximum Gasteiger partial charge on any atom is 0.243 e. The predicted octanol–water partition coefficient (Wildman–Crippen LogP) is 3.25. The van der Waals surface area contributed by atoms with Crippen molar-refractivity contribution in [1.82, 2.24) is 9.80 Å². The van der Waals surface area contributed by atoms with Gasteiger partial charge in [0.1, 0.15) is 11.5 Å². The number of aryl methyl sites for hydroxylation is 1. The van der Waals surface area contributed by atoms with Crippen molar-refractivity contribution in [3.8, 4) is 11.5 Å². The zero-order valence-corrected chi connectivity index (χ0v) is 18.7. The number of nitrogens with zero attached hydrogens (tertiary/aromatic N) is 2. The fourth-order valence-corrected chi connectivity index (χ4v) is 3.90. The van der Waals surface area contributed by atoms with E-state index >= 15 is 0 Å². The van der Waals surface area contributed by atoms with E-state index in [4.69, 9.17) is 9.47 Å². The summed E-state index contributed by atoms with van der Waals surface area (Å²) in [5, 5.41) is 2.83. The van der Waals surface area contributed by atoms with E-state index in [0.717, 1.165) is 47.7 Å². The number of carbonyl (C=O) groups is 2. The number of hydrogen-bond acceptors (Lipinski definition) is 5. The molecule has 3 rings (SSSR count). The van der Waals surface area contributed by atoms with Crippen LogP contribution in [0.5, 0.6) is 11.5 Å². The maximum atomic E-state index is 12.8. The molecule has 1 heterocycles. The molecule has 0 aromatic heterocycles. The summed E-state index contributed by atoms with van der Waals surface area (Å²) in [7, 11) is 4.95. The van der Waals surface area contributed by atoms with Gasteiger partial charge in [-0.1, -0.05) is 17.7 Å². The summed E-state index contributed by atoms with van der Waals surface area (Å²) in [5.41, 5.74) is 2.87. The summed E-state index contributed by atoms with van der Waals surface area (Å²) in [5.74, 6) is 1.25. The molecule has 7 nitrogen and oxygen atoms in total. The Kier molecular flexibility index (Phi) is 7.52. The number of anilines is 1. The summed E-state index contributed by atoms with van der Waals surface area (Å²) >= 11 is 0.